The molecular formula is C13H28N2O. The van der Waals surface area contributed by atoms with Gasteiger partial charge in [0.2, 0.25) is 0 Å². The third-order valence-electron chi connectivity index (χ3n) is 3.03. The summed E-state index contributed by atoms with van der Waals surface area (Å²) in [4.78, 5) is 0. The van der Waals surface area contributed by atoms with Crippen LogP contribution in [0.5, 0.6) is 0 Å². The molecule has 3 nitrogen and oxygen atoms in total. The summed E-state index contributed by atoms with van der Waals surface area (Å²) in [5.41, 5.74) is 0. The lowest BCUT2D eigenvalue weighted by Crippen LogP contribution is -2.36. The highest BCUT2D eigenvalue weighted by Crippen LogP contribution is 2.08. The van der Waals surface area contributed by atoms with Gasteiger partial charge in [0.15, 0.2) is 0 Å². The van der Waals surface area contributed by atoms with E-state index < -0.39 is 0 Å². The van der Waals surface area contributed by atoms with Crippen molar-refractivity contribution in [1.82, 2.24) is 10.6 Å². The molecule has 0 aromatic rings. The molecule has 1 aliphatic heterocycles. The smallest absolute Gasteiger partial charge is 0.0518 e. The predicted octanol–water partition coefficient (Wildman–Crippen LogP) is 1.78. The van der Waals surface area contributed by atoms with E-state index in [-0.39, 0.29) is 0 Å². The first kappa shape index (κ1) is 13.9. The zero-order valence-electron chi connectivity index (χ0n) is 10.9. The van der Waals surface area contributed by atoms with Crippen molar-refractivity contribution in [3.05, 3.63) is 0 Å². The van der Waals surface area contributed by atoms with Crippen LogP contribution >= 0.6 is 0 Å². The van der Waals surface area contributed by atoms with E-state index >= 15 is 0 Å². The number of hydrogen-bond acceptors (Lipinski definition) is 3. The van der Waals surface area contributed by atoms with Gasteiger partial charge in [0.1, 0.15) is 0 Å². The molecule has 1 aliphatic rings. The van der Waals surface area contributed by atoms with Crippen molar-refractivity contribution in [2.24, 2.45) is 5.92 Å². The predicted molar refractivity (Wildman–Crippen MR) is 68.8 cm³/mol. The highest BCUT2D eigenvalue weighted by molar-refractivity contribution is 4.70. The van der Waals surface area contributed by atoms with Gasteiger partial charge < -0.3 is 15.4 Å². The average Bonchev–Trinajstić information content (AvgIpc) is 2.29. The molecule has 0 amide bonds. The first-order valence-electron chi connectivity index (χ1n) is 6.82. The van der Waals surface area contributed by atoms with Crippen LogP contribution in [0.3, 0.4) is 0 Å². The Morgan fingerprint density at radius 1 is 1.38 bits per heavy atom. The standard InChI is InChI=1S/C13H28N2O/c1-12(2)16-9-4-3-7-14-10-13-6-5-8-15-11-13/h12-15H,3-11H2,1-2H3. The highest BCUT2D eigenvalue weighted by atomic mass is 16.5. The van der Waals surface area contributed by atoms with E-state index in [9.17, 15) is 0 Å². The van der Waals surface area contributed by atoms with Gasteiger partial charge in [0.25, 0.3) is 0 Å². The Morgan fingerprint density at radius 2 is 2.25 bits per heavy atom. The minimum absolute atomic E-state index is 0.376. The maximum Gasteiger partial charge on any atom is 0.0518 e. The van der Waals surface area contributed by atoms with Crippen molar-refractivity contribution < 1.29 is 4.74 Å². The molecule has 2 N–H and O–H groups in total. The van der Waals surface area contributed by atoms with Gasteiger partial charge in [-0.2, -0.15) is 0 Å². The Hall–Kier alpha value is -0.120. The first-order valence-corrected chi connectivity index (χ1v) is 6.82. The van der Waals surface area contributed by atoms with Gasteiger partial charge in [-0.05, 0) is 71.6 Å². The van der Waals surface area contributed by atoms with Crippen LogP contribution in [0.1, 0.15) is 39.5 Å². The number of ether oxygens (including phenoxy) is 1. The van der Waals surface area contributed by atoms with Crippen molar-refractivity contribution in [3.8, 4) is 0 Å². The van der Waals surface area contributed by atoms with Gasteiger partial charge in [-0.25, -0.2) is 0 Å². The lowest BCUT2D eigenvalue weighted by Gasteiger charge is -2.22. The summed E-state index contributed by atoms with van der Waals surface area (Å²) in [5.74, 6) is 0.848. The largest absolute Gasteiger partial charge is 0.379 e. The van der Waals surface area contributed by atoms with E-state index in [4.69, 9.17) is 4.74 Å². The molecule has 0 radical (unpaired) electrons. The van der Waals surface area contributed by atoms with Crippen LogP contribution in [-0.4, -0.2) is 38.9 Å². The van der Waals surface area contributed by atoms with Crippen LogP contribution < -0.4 is 10.6 Å². The van der Waals surface area contributed by atoms with Gasteiger partial charge in [-0.1, -0.05) is 0 Å². The van der Waals surface area contributed by atoms with E-state index in [2.05, 4.69) is 24.5 Å². The number of piperidine rings is 1. The number of hydrogen-bond donors (Lipinski definition) is 2. The molecule has 16 heavy (non-hydrogen) atoms. The van der Waals surface area contributed by atoms with Crippen molar-refractivity contribution >= 4 is 0 Å². The van der Waals surface area contributed by atoms with Gasteiger partial charge in [-0.3, -0.25) is 0 Å². The Morgan fingerprint density at radius 3 is 2.94 bits per heavy atom. The summed E-state index contributed by atoms with van der Waals surface area (Å²) in [6.07, 6.45) is 5.51. The van der Waals surface area contributed by atoms with Gasteiger partial charge in [-0.15, -0.1) is 0 Å². The second-order valence-electron chi connectivity index (χ2n) is 5.04. The fourth-order valence-electron chi connectivity index (χ4n) is 2.08. The van der Waals surface area contributed by atoms with E-state index in [1.807, 2.05) is 0 Å². The summed E-state index contributed by atoms with van der Waals surface area (Å²) < 4.78 is 5.50. The third kappa shape index (κ3) is 7.20. The zero-order valence-corrected chi connectivity index (χ0v) is 10.9. The molecule has 0 aromatic carbocycles. The topological polar surface area (TPSA) is 33.3 Å². The van der Waals surface area contributed by atoms with Crippen LogP contribution in [0.4, 0.5) is 0 Å². The lowest BCUT2D eigenvalue weighted by molar-refractivity contribution is 0.0760. The normalized spacial score (nSPS) is 21.6. The van der Waals surface area contributed by atoms with Crippen molar-refractivity contribution in [3.63, 3.8) is 0 Å². The molecular weight excluding hydrogens is 200 g/mol. The highest BCUT2D eigenvalue weighted by Gasteiger charge is 2.11. The number of unbranched alkanes of at least 4 members (excludes halogenated alkanes) is 1. The fourth-order valence-corrected chi connectivity index (χ4v) is 2.08. The summed E-state index contributed by atoms with van der Waals surface area (Å²) in [6.45, 7) is 9.81. The third-order valence-corrected chi connectivity index (χ3v) is 3.03. The Kier molecular flexibility index (Phi) is 7.81. The van der Waals surface area contributed by atoms with Gasteiger partial charge in [0.05, 0.1) is 6.10 Å². The quantitative estimate of drug-likeness (QED) is 0.621. The monoisotopic (exact) mass is 228 g/mol. The van der Waals surface area contributed by atoms with Crippen molar-refractivity contribution in [2.45, 2.75) is 45.6 Å². The second-order valence-corrected chi connectivity index (χ2v) is 5.04. The number of rotatable bonds is 8. The summed E-state index contributed by atoms with van der Waals surface area (Å²) in [7, 11) is 0. The molecule has 1 saturated heterocycles. The summed E-state index contributed by atoms with van der Waals surface area (Å²) >= 11 is 0. The SMILES string of the molecule is CC(C)OCCCCNCC1CCCNC1. The van der Waals surface area contributed by atoms with E-state index in [0.29, 0.717) is 6.10 Å². The molecule has 1 unspecified atom stereocenters. The van der Waals surface area contributed by atoms with Crippen LogP contribution in [-0.2, 0) is 4.74 Å². The fraction of sp³-hybridized carbons (Fsp3) is 1.00. The molecule has 1 atom stereocenters. The molecule has 1 fully saturated rings. The van der Waals surface area contributed by atoms with E-state index in [1.165, 1.54) is 45.3 Å². The van der Waals surface area contributed by atoms with Crippen molar-refractivity contribution in [1.29, 1.82) is 0 Å². The first-order chi connectivity index (χ1) is 7.79. The molecule has 96 valence electrons. The summed E-state index contributed by atoms with van der Waals surface area (Å²) in [5, 5.41) is 7.00. The van der Waals surface area contributed by atoms with Gasteiger partial charge in [0, 0.05) is 6.61 Å². The average molecular weight is 228 g/mol. The van der Waals surface area contributed by atoms with Crippen LogP contribution in [0.25, 0.3) is 0 Å². The number of nitrogens with one attached hydrogen (secondary N) is 2. The van der Waals surface area contributed by atoms with Crippen LogP contribution in [0.2, 0.25) is 0 Å². The molecule has 0 saturated carbocycles. The molecule has 1 heterocycles. The minimum atomic E-state index is 0.376. The maximum absolute atomic E-state index is 5.50. The molecule has 0 aromatic heterocycles. The molecule has 0 spiro atoms. The lowest BCUT2D eigenvalue weighted by atomic mass is 10.00. The molecule has 0 aliphatic carbocycles. The summed E-state index contributed by atoms with van der Waals surface area (Å²) in [6, 6.07) is 0. The minimum Gasteiger partial charge on any atom is -0.379 e. The second kappa shape index (κ2) is 8.97. The van der Waals surface area contributed by atoms with Crippen molar-refractivity contribution in [2.75, 3.05) is 32.8 Å². The maximum atomic E-state index is 5.50. The van der Waals surface area contributed by atoms with Crippen LogP contribution in [0, 0.1) is 5.92 Å². The Balaban J connectivity index is 1.80. The van der Waals surface area contributed by atoms with E-state index in [1.54, 1.807) is 0 Å². The van der Waals surface area contributed by atoms with Crippen LogP contribution in [0.15, 0.2) is 0 Å². The molecule has 0 bridgehead atoms. The molecule has 1 rings (SSSR count). The Bertz CT molecular complexity index is 156. The Labute approximate surface area is 100 Å². The van der Waals surface area contributed by atoms with Gasteiger partial charge >= 0.3 is 0 Å². The van der Waals surface area contributed by atoms with E-state index in [0.717, 1.165) is 19.1 Å². The molecule has 3 heteroatoms. The zero-order chi connectivity index (χ0) is 11.6.